The van der Waals surface area contributed by atoms with E-state index in [0.29, 0.717) is 0 Å². The summed E-state index contributed by atoms with van der Waals surface area (Å²) in [4.78, 5) is 0. The molecule has 5 heteroatoms. The Bertz CT molecular complexity index is 470. The minimum absolute atomic E-state index is 0.00454. The van der Waals surface area contributed by atoms with Gasteiger partial charge in [-0.3, -0.25) is 0 Å². The molecule has 0 radical (unpaired) electrons. The molecule has 0 amide bonds. The van der Waals surface area contributed by atoms with Crippen molar-refractivity contribution in [3.8, 4) is 11.4 Å². The summed E-state index contributed by atoms with van der Waals surface area (Å²) < 4.78 is 14.4. The number of benzene rings is 1. The van der Waals surface area contributed by atoms with Crippen LogP contribution in [0.15, 0.2) is 30.5 Å². The average molecular weight is 213 g/mol. The van der Waals surface area contributed by atoms with Crippen LogP contribution in [0.4, 0.5) is 4.39 Å². The van der Waals surface area contributed by atoms with Crippen molar-refractivity contribution in [1.29, 1.82) is 0 Å². The van der Waals surface area contributed by atoms with Gasteiger partial charge < -0.3 is 5.11 Å². The van der Waals surface area contributed by atoms with E-state index in [0.717, 1.165) is 10.9 Å². The van der Waals surface area contributed by atoms with Gasteiger partial charge in [-0.25, -0.2) is 9.07 Å². The monoisotopic (exact) mass is 212 g/mol. The van der Waals surface area contributed by atoms with Gasteiger partial charge >= 0.3 is 0 Å². The summed E-state index contributed by atoms with van der Waals surface area (Å²) in [6, 6.07) is 6.04. The number of aromatic nitrogens is 2. The van der Waals surface area contributed by atoms with Crippen molar-refractivity contribution in [2.75, 3.05) is 0 Å². The van der Waals surface area contributed by atoms with Gasteiger partial charge in [-0.1, -0.05) is 23.7 Å². The summed E-state index contributed by atoms with van der Waals surface area (Å²) >= 11 is 5.70. The quantitative estimate of drug-likeness (QED) is 0.788. The molecule has 0 aliphatic carbocycles. The van der Waals surface area contributed by atoms with E-state index in [2.05, 4.69) is 5.10 Å². The van der Waals surface area contributed by atoms with E-state index in [1.807, 2.05) is 0 Å². The fourth-order valence-electron chi connectivity index (χ4n) is 1.12. The molecule has 2 rings (SSSR count). The van der Waals surface area contributed by atoms with Crippen LogP contribution in [0, 0.1) is 5.82 Å². The summed E-state index contributed by atoms with van der Waals surface area (Å²) in [7, 11) is 0. The molecule has 0 fully saturated rings. The number of rotatable bonds is 1. The van der Waals surface area contributed by atoms with Crippen LogP contribution in [-0.2, 0) is 0 Å². The van der Waals surface area contributed by atoms with Crippen LogP contribution in [0.5, 0.6) is 5.75 Å². The predicted molar refractivity (Wildman–Crippen MR) is 50.2 cm³/mol. The van der Waals surface area contributed by atoms with Gasteiger partial charge in [0, 0.05) is 0 Å². The minimum Gasteiger partial charge on any atom is -0.504 e. The first kappa shape index (κ1) is 9.02. The summed E-state index contributed by atoms with van der Waals surface area (Å²) in [6.07, 6.45) is 1.16. The zero-order valence-corrected chi connectivity index (χ0v) is 7.74. The van der Waals surface area contributed by atoms with Crippen LogP contribution in [-0.4, -0.2) is 14.9 Å². The van der Waals surface area contributed by atoms with Crippen molar-refractivity contribution in [2.24, 2.45) is 0 Å². The van der Waals surface area contributed by atoms with E-state index in [9.17, 15) is 4.39 Å². The largest absolute Gasteiger partial charge is 0.504 e. The van der Waals surface area contributed by atoms with Crippen molar-refractivity contribution in [3.05, 3.63) is 41.4 Å². The molecule has 0 unspecified atom stereocenters. The van der Waals surface area contributed by atoms with Gasteiger partial charge in [0.1, 0.15) is 11.5 Å². The summed E-state index contributed by atoms with van der Waals surface area (Å²) in [5.74, 6) is -0.618. The highest BCUT2D eigenvalue weighted by Gasteiger charge is 2.11. The Kier molecular flexibility index (Phi) is 2.13. The Morgan fingerprint density at radius 2 is 2.07 bits per heavy atom. The molecule has 72 valence electrons. The molecule has 0 aliphatic heterocycles. The molecule has 0 spiro atoms. The Hall–Kier alpha value is -1.55. The van der Waals surface area contributed by atoms with Crippen LogP contribution in [0.2, 0.25) is 5.15 Å². The SMILES string of the molecule is Oc1cnn(-c2ccccc2F)c1Cl. The van der Waals surface area contributed by atoms with E-state index in [4.69, 9.17) is 16.7 Å². The Morgan fingerprint density at radius 3 is 2.64 bits per heavy atom. The van der Waals surface area contributed by atoms with Crippen molar-refractivity contribution < 1.29 is 9.50 Å². The summed E-state index contributed by atoms with van der Waals surface area (Å²) in [6.45, 7) is 0. The van der Waals surface area contributed by atoms with E-state index in [-0.39, 0.29) is 16.6 Å². The van der Waals surface area contributed by atoms with Gasteiger partial charge in [-0.2, -0.15) is 5.10 Å². The summed E-state index contributed by atoms with van der Waals surface area (Å²) in [5.41, 5.74) is 0.206. The van der Waals surface area contributed by atoms with Gasteiger partial charge in [0.05, 0.1) is 6.20 Å². The van der Waals surface area contributed by atoms with Gasteiger partial charge in [0.2, 0.25) is 0 Å². The van der Waals surface area contributed by atoms with E-state index in [1.165, 1.54) is 12.1 Å². The lowest BCUT2D eigenvalue weighted by Crippen LogP contribution is -1.98. The molecule has 3 nitrogen and oxygen atoms in total. The third kappa shape index (κ3) is 1.33. The highest BCUT2D eigenvalue weighted by Crippen LogP contribution is 2.25. The maximum Gasteiger partial charge on any atom is 0.174 e. The van der Waals surface area contributed by atoms with E-state index in [1.54, 1.807) is 12.1 Å². The second-order valence-corrected chi connectivity index (χ2v) is 3.04. The fourth-order valence-corrected chi connectivity index (χ4v) is 1.30. The number of hydrogen-bond acceptors (Lipinski definition) is 2. The first-order chi connectivity index (χ1) is 6.70. The highest BCUT2D eigenvalue weighted by atomic mass is 35.5. The van der Waals surface area contributed by atoms with Crippen molar-refractivity contribution in [3.63, 3.8) is 0 Å². The molecule has 0 atom stereocenters. The molecule has 0 bridgehead atoms. The van der Waals surface area contributed by atoms with Gasteiger partial charge in [-0.05, 0) is 12.1 Å². The topological polar surface area (TPSA) is 38.1 Å². The standard InChI is InChI=1S/C9H6ClFN2O/c10-9-8(14)5-12-13(9)7-4-2-1-3-6(7)11/h1-5,14H. The normalized spacial score (nSPS) is 10.4. The highest BCUT2D eigenvalue weighted by molar-refractivity contribution is 6.31. The molecule has 1 aromatic carbocycles. The second-order valence-electron chi connectivity index (χ2n) is 2.68. The molecular weight excluding hydrogens is 207 g/mol. The van der Waals surface area contributed by atoms with Crippen LogP contribution < -0.4 is 0 Å². The van der Waals surface area contributed by atoms with Crippen molar-refractivity contribution in [1.82, 2.24) is 9.78 Å². The Morgan fingerprint density at radius 1 is 1.36 bits per heavy atom. The van der Waals surface area contributed by atoms with Crippen molar-refractivity contribution >= 4 is 11.6 Å². The lowest BCUT2D eigenvalue weighted by atomic mass is 10.3. The number of halogens is 2. The third-order valence-corrected chi connectivity index (χ3v) is 2.13. The minimum atomic E-state index is -0.447. The molecular formula is C9H6ClFN2O. The molecule has 1 heterocycles. The number of para-hydroxylation sites is 1. The molecule has 2 aromatic rings. The maximum atomic E-state index is 13.3. The molecule has 14 heavy (non-hydrogen) atoms. The maximum absolute atomic E-state index is 13.3. The van der Waals surface area contributed by atoms with E-state index < -0.39 is 5.82 Å². The smallest absolute Gasteiger partial charge is 0.174 e. The van der Waals surface area contributed by atoms with Gasteiger partial charge in [0.15, 0.2) is 10.9 Å². The lowest BCUT2D eigenvalue weighted by molar-refractivity contribution is 0.475. The molecule has 1 N–H and O–H groups in total. The average Bonchev–Trinajstić information content (AvgIpc) is 2.49. The third-order valence-electron chi connectivity index (χ3n) is 1.77. The zero-order valence-electron chi connectivity index (χ0n) is 6.98. The van der Waals surface area contributed by atoms with E-state index >= 15 is 0 Å². The van der Waals surface area contributed by atoms with Crippen LogP contribution in [0.25, 0.3) is 5.69 Å². The molecule has 0 aliphatic rings. The predicted octanol–water partition coefficient (Wildman–Crippen LogP) is 2.37. The van der Waals surface area contributed by atoms with Crippen molar-refractivity contribution in [2.45, 2.75) is 0 Å². The van der Waals surface area contributed by atoms with Gasteiger partial charge in [-0.15, -0.1) is 0 Å². The zero-order chi connectivity index (χ0) is 10.1. The number of hydrogen-bond donors (Lipinski definition) is 1. The van der Waals surface area contributed by atoms with Gasteiger partial charge in [0.25, 0.3) is 0 Å². The Balaban J connectivity index is 2.60. The second kappa shape index (κ2) is 3.31. The number of aromatic hydroxyl groups is 1. The first-order valence-electron chi connectivity index (χ1n) is 3.87. The number of nitrogens with zero attached hydrogens (tertiary/aromatic N) is 2. The molecule has 1 aromatic heterocycles. The lowest BCUT2D eigenvalue weighted by Gasteiger charge is -2.03. The molecule has 0 saturated heterocycles. The van der Waals surface area contributed by atoms with Crippen LogP contribution >= 0.6 is 11.6 Å². The Labute approximate surface area is 84.4 Å². The van der Waals surface area contributed by atoms with Crippen LogP contribution in [0.1, 0.15) is 0 Å². The fraction of sp³-hybridized carbons (Fsp3) is 0. The summed E-state index contributed by atoms with van der Waals surface area (Å²) in [5, 5.41) is 12.9. The first-order valence-corrected chi connectivity index (χ1v) is 4.25. The van der Waals surface area contributed by atoms with Crippen LogP contribution in [0.3, 0.4) is 0 Å². The molecule has 0 saturated carbocycles.